The Morgan fingerprint density at radius 1 is 1.02 bits per heavy atom. The van der Waals surface area contributed by atoms with Crippen molar-refractivity contribution in [3.8, 4) is 17.2 Å². The second-order valence-corrected chi connectivity index (χ2v) is 15.7. The van der Waals surface area contributed by atoms with E-state index in [1.54, 1.807) is 53.5 Å². The van der Waals surface area contributed by atoms with Gasteiger partial charge in [0.25, 0.3) is 5.69 Å². The maximum absolute atomic E-state index is 14.6. The number of aliphatic hydroxyl groups is 2. The van der Waals surface area contributed by atoms with Crippen LogP contribution >= 0.6 is 0 Å². The van der Waals surface area contributed by atoms with Gasteiger partial charge in [0.15, 0.2) is 0 Å². The minimum Gasteiger partial charge on any atom is -0.459 e. The molecule has 1 aliphatic heterocycles. The van der Waals surface area contributed by atoms with Crippen LogP contribution in [-0.2, 0) is 14.4 Å². The number of carbonyl (C=O) groups excluding carboxylic acids is 2. The number of non-ortho nitro benzene ring substituents is 1. The van der Waals surface area contributed by atoms with Gasteiger partial charge in [-0.2, -0.15) is 0 Å². The Bertz CT molecular complexity index is 2100. The Hall–Kier alpha value is -5.63. The molecule has 13 heteroatoms. The van der Waals surface area contributed by atoms with Crippen molar-refractivity contribution in [1.82, 2.24) is 4.90 Å². The number of unbranched alkanes of at least 4 members (excludes halogenated alkanes) is 2. The Balaban J connectivity index is 1.55. The number of allylic oxidation sites excluding steroid dienone is 1. The standard InChI is InChI=1S/C48H57N3O10/c1-4-24-50(45(55)23-18-33-16-19-36(20-17-33)51(56)57)44-31-42(49-59-6-3)40-29-35(13-7-9-25-52)39(15-8-10-26-53)46-41-30-38(60-37-14-11-12-34(28-37)32-54)21-22-43(41)61-48(44,47(40)46)58-27-5-2/h5,11-12,14,16-23,28-30,32,35,39,44,46-47,52-53H,2,4,6-10,13,15,24-27,31H2,1,3H3/t35-,39+,44-,46+,47+,48+/m0/s1. The van der Waals surface area contributed by atoms with E-state index < -0.39 is 22.7 Å². The fourth-order valence-corrected chi connectivity index (χ4v) is 9.27. The molecule has 3 aromatic carbocycles. The lowest BCUT2D eigenvalue weighted by atomic mass is 9.55. The van der Waals surface area contributed by atoms with Gasteiger partial charge in [-0.25, -0.2) is 0 Å². The van der Waals surface area contributed by atoms with Gasteiger partial charge >= 0.3 is 0 Å². The lowest BCUT2D eigenvalue weighted by Gasteiger charge is -2.60. The van der Waals surface area contributed by atoms with Gasteiger partial charge in [0.2, 0.25) is 11.7 Å². The van der Waals surface area contributed by atoms with E-state index in [2.05, 4.69) is 12.7 Å². The van der Waals surface area contributed by atoms with Crippen molar-refractivity contribution in [3.05, 3.63) is 124 Å². The summed E-state index contributed by atoms with van der Waals surface area (Å²) in [4.78, 5) is 44.7. The molecule has 61 heavy (non-hydrogen) atoms. The zero-order chi connectivity index (χ0) is 43.4. The third kappa shape index (κ3) is 10.1. The fraction of sp³-hybridized carbons (Fsp3) is 0.438. The fourth-order valence-electron chi connectivity index (χ4n) is 9.27. The second kappa shape index (κ2) is 21.2. The Kier molecular flexibility index (Phi) is 15.6. The Morgan fingerprint density at radius 2 is 1.77 bits per heavy atom. The summed E-state index contributed by atoms with van der Waals surface area (Å²) in [6, 6.07) is 18.0. The number of ether oxygens (including phenoxy) is 3. The Morgan fingerprint density at radius 3 is 2.46 bits per heavy atom. The molecule has 6 rings (SSSR count). The van der Waals surface area contributed by atoms with E-state index in [-0.39, 0.29) is 55.6 Å². The molecule has 2 aliphatic carbocycles. The van der Waals surface area contributed by atoms with E-state index in [1.165, 1.54) is 18.2 Å². The number of nitro groups is 1. The number of aldehydes is 1. The van der Waals surface area contributed by atoms with Gasteiger partial charge in [-0.15, -0.1) is 6.58 Å². The van der Waals surface area contributed by atoms with Crippen molar-refractivity contribution < 1.29 is 43.8 Å². The third-order valence-corrected chi connectivity index (χ3v) is 11.8. The molecule has 3 aromatic rings. The van der Waals surface area contributed by atoms with Crippen LogP contribution in [0.15, 0.2) is 102 Å². The lowest BCUT2D eigenvalue weighted by molar-refractivity contribution is -0.384. The smallest absolute Gasteiger partial charge is 0.269 e. The van der Waals surface area contributed by atoms with Crippen molar-refractivity contribution in [3.63, 3.8) is 0 Å². The first kappa shape index (κ1) is 44.9. The molecule has 1 fully saturated rings. The molecule has 0 aromatic heterocycles. The average Bonchev–Trinajstić information content (AvgIpc) is 3.27. The summed E-state index contributed by atoms with van der Waals surface area (Å²) in [6.45, 7) is 8.84. The third-order valence-electron chi connectivity index (χ3n) is 11.8. The van der Waals surface area contributed by atoms with Gasteiger partial charge in [0.1, 0.15) is 36.2 Å². The van der Waals surface area contributed by atoms with E-state index in [4.69, 9.17) is 24.2 Å². The van der Waals surface area contributed by atoms with Gasteiger partial charge in [-0.05, 0) is 111 Å². The summed E-state index contributed by atoms with van der Waals surface area (Å²) < 4.78 is 20.7. The lowest BCUT2D eigenvalue weighted by Crippen LogP contribution is -2.70. The molecular formula is C48H57N3O10. The van der Waals surface area contributed by atoms with E-state index in [9.17, 15) is 29.9 Å². The molecule has 6 atom stereocenters. The van der Waals surface area contributed by atoms with Gasteiger partial charge in [0, 0.05) is 61.4 Å². The van der Waals surface area contributed by atoms with Gasteiger partial charge in [0.05, 0.1) is 23.2 Å². The molecule has 3 aliphatic rings. The monoisotopic (exact) mass is 835 g/mol. The van der Waals surface area contributed by atoms with Crippen LogP contribution in [0.1, 0.15) is 92.6 Å². The van der Waals surface area contributed by atoms with Gasteiger partial charge in [-0.1, -0.05) is 49.2 Å². The largest absolute Gasteiger partial charge is 0.459 e. The summed E-state index contributed by atoms with van der Waals surface area (Å²) in [5.41, 5.74) is 3.59. The normalized spacial score (nSPS) is 23.3. The van der Waals surface area contributed by atoms with Crippen LogP contribution in [0.2, 0.25) is 0 Å². The number of oxime groups is 1. The minimum atomic E-state index is -1.43. The van der Waals surface area contributed by atoms with E-state index in [0.717, 1.165) is 43.1 Å². The average molecular weight is 836 g/mol. The second-order valence-electron chi connectivity index (χ2n) is 15.7. The summed E-state index contributed by atoms with van der Waals surface area (Å²) in [5.74, 6) is -0.740. The van der Waals surface area contributed by atoms with Crippen LogP contribution in [-0.4, -0.2) is 82.7 Å². The number of aliphatic hydroxyl groups excluding tert-OH is 2. The molecular weight excluding hydrogens is 779 g/mol. The molecule has 1 heterocycles. The maximum Gasteiger partial charge on any atom is 0.269 e. The molecule has 0 bridgehead atoms. The highest BCUT2D eigenvalue weighted by Gasteiger charge is 2.65. The molecule has 1 amide bonds. The van der Waals surface area contributed by atoms with Crippen LogP contribution in [0.25, 0.3) is 6.08 Å². The van der Waals surface area contributed by atoms with Gasteiger partial charge in [-0.3, -0.25) is 19.7 Å². The Labute approximate surface area is 357 Å². The molecule has 324 valence electrons. The number of benzene rings is 3. The number of hydrogen-bond donors (Lipinski definition) is 2. The topological polar surface area (TPSA) is 170 Å². The van der Waals surface area contributed by atoms with E-state index in [0.29, 0.717) is 66.5 Å². The maximum atomic E-state index is 14.6. The first-order valence-corrected chi connectivity index (χ1v) is 21.4. The van der Waals surface area contributed by atoms with Crippen LogP contribution < -0.4 is 9.47 Å². The molecule has 0 spiro atoms. The van der Waals surface area contributed by atoms with Crippen molar-refractivity contribution in [1.29, 1.82) is 0 Å². The van der Waals surface area contributed by atoms with Crippen molar-refractivity contribution in [2.24, 2.45) is 22.9 Å². The molecule has 0 saturated heterocycles. The van der Waals surface area contributed by atoms with E-state index >= 15 is 0 Å². The predicted octanol–water partition coefficient (Wildman–Crippen LogP) is 8.81. The minimum absolute atomic E-state index is 0.0199. The van der Waals surface area contributed by atoms with Crippen molar-refractivity contribution in [2.45, 2.75) is 83.0 Å². The molecule has 1 saturated carbocycles. The molecule has 0 radical (unpaired) electrons. The predicted molar refractivity (Wildman–Crippen MR) is 233 cm³/mol. The first-order chi connectivity index (χ1) is 29.7. The van der Waals surface area contributed by atoms with Crippen LogP contribution in [0.5, 0.6) is 17.2 Å². The number of amides is 1. The molecule has 13 nitrogen and oxygen atoms in total. The molecule has 2 N–H and O–H groups in total. The SMILES string of the molecule is C=CCO[C@@]12Oc3ccc(Oc4cccc(C=O)c4)cc3[C@H]3[C@H](CCCCO)[C@@H](CCCCO)C=C(C(=NOCC)C[C@@H]1N(CCC)C(=O)C=Cc1ccc([N+](=O)[O-])cc1)[C@H]32. The van der Waals surface area contributed by atoms with Gasteiger partial charge < -0.3 is 34.2 Å². The number of nitrogens with zero attached hydrogens (tertiary/aromatic N) is 3. The highest BCUT2D eigenvalue weighted by atomic mass is 16.7. The zero-order valence-electron chi connectivity index (χ0n) is 35.0. The number of fused-ring (bicyclic) bond motifs is 2. The summed E-state index contributed by atoms with van der Waals surface area (Å²) in [5, 5.41) is 35.8. The number of nitro benzene ring substituents is 1. The highest BCUT2D eigenvalue weighted by Crippen LogP contribution is 2.62. The quantitative estimate of drug-likeness (QED) is 0.0249. The number of hydrogen-bond acceptors (Lipinski definition) is 11. The first-order valence-electron chi connectivity index (χ1n) is 21.4. The van der Waals surface area contributed by atoms with E-state index in [1.807, 2.05) is 32.0 Å². The number of rotatable bonds is 22. The van der Waals surface area contributed by atoms with Crippen molar-refractivity contribution >= 4 is 29.7 Å². The molecule has 0 unspecified atom stereocenters. The highest BCUT2D eigenvalue weighted by molar-refractivity contribution is 6.03. The van der Waals surface area contributed by atoms with Crippen LogP contribution in [0.3, 0.4) is 0 Å². The summed E-state index contributed by atoms with van der Waals surface area (Å²) >= 11 is 0. The van der Waals surface area contributed by atoms with Crippen LogP contribution in [0.4, 0.5) is 5.69 Å². The van der Waals surface area contributed by atoms with Crippen LogP contribution in [0, 0.1) is 27.9 Å². The summed E-state index contributed by atoms with van der Waals surface area (Å²) in [6.07, 6.45) is 13.2. The zero-order valence-corrected chi connectivity index (χ0v) is 35.0. The van der Waals surface area contributed by atoms with Crippen molar-refractivity contribution in [2.75, 3.05) is 33.0 Å². The number of carbonyl (C=O) groups is 2. The summed E-state index contributed by atoms with van der Waals surface area (Å²) in [7, 11) is 0.